The molecule has 0 aromatic carbocycles. The van der Waals surface area contributed by atoms with Gasteiger partial charge < -0.3 is 24.8 Å². The van der Waals surface area contributed by atoms with Crippen LogP contribution in [0.25, 0.3) is 0 Å². The Morgan fingerprint density at radius 3 is 2.19 bits per heavy atom. The Bertz CT molecular complexity index is 838. The molecule has 7 nitrogen and oxygen atoms in total. The van der Waals surface area contributed by atoms with Gasteiger partial charge in [-0.2, -0.15) is 0 Å². The van der Waals surface area contributed by atoms with E-state index in [1.54, 1.807) is 13.8 Å². The summed E-state index contributed by atoms with van der Waals surface area (Å²) in [6.07, 6.45) is -2.38. The second-order valence-corrected chi connectivity index (χ2v) is 10.8. The first-order valence-corrected chi connectivity index (χ1v) is 11.4. The van der Waals surface area contributed by atoms with Crippen molar-refractivity contribution in [3.63, 3.8) is 0 Å². The fraction of sp³-hybridized carbons (Fsp3) is 0.760. The van der Waals surface area contributed by atoms with Gasteiger partial charge in [-0.15, -0.1) is 0 Å². The molecule has 9 atom stereocenters. The number of carbonyl (C=O) groups excluding carboxylic acids is 2. The normalized spacial score (nSPS) is 42.1. The molecule has 0 heterocycles. The molecule has 7 heteroatoms. The third-order valence-electron chi connectivity index (χ3n) is 8.29. The molecular weight excluding hydrogens is 412 g/mol. The molecule has 0 aliphatic heterocycles. The first-order valence-electron chi connectivity index (χ1n) is 11.4. The van der Waals surface area contributed by atoms with Crippen LogP contribution < -0.4 is 0 Å². The predicted molar refractivity (Wildman–Crippen MR) is 118 cm³/mol. The second kappa shape index (κ2) is 8.26. The third kappa shape index (κ3) is 3.82. The third-order valence-corrected chi connectivity index (χ3v) is 8.29. The van der Waals surface area contributed by atoms with Crippen LogP contribution in [-0.4, -0.2) is 57.3 Å². The number of rotatable bonds is 3. The van der Waals surface area contributed by atoms with E-state index >= 15 is 0 Å². The molecule has 3 N–H and O–H groups in total. The van der Waals surface area contributed by atoms with Crippen LogP contribution in [0.4, 0.5) is 0 Å². The van der Waals surface area contributed by atoms with Crippen LogP contribution in [0.5, 0.6) is 0 Å². The Morgan fingerprint density at radius 1 is 1.12 bits per heavy atom. The number of esters is 2. The summed E-state index contributed by atoms with van der Waals surface area (Å²) in [7, 11) is 0. The quantitative estimate of drug-likeness (QED) is 0.447. The number of aliphatic hydroxyl groups excluding tert-OH is 2. The number of fused-ring (bicyclic) bond motifs is 2. The van der Waals surface area contributed by atoms with Gasteiger partial charge in [-0.1, -0.05) is 26.0 Å². The van der Waals surface area contributed by atoms with Gasteiger partial charge in [0.25, 0.3) is 0 Å². The monoisotopic (exact) mass is 450 g/mol. The first kappa shape index (κ1) is 24.9. The van der Waals surface area contributed by atoms with Crippen molar-refractivity contribution in [1.29, 1.82) is 0 Å². The molecule has 2 unspecified atom stereocenters. The zero-order chi connectivity index (χ0) is 24.3. The van der Waals surface area contributed by atoms with Crippen molar-refractivity contribution in [3.05, 3.63) is 23.3 Å². The lowest BCUT2D eigenvalue weighted by Crippen LogP contribution is -2.58. The van der Waals surface area contributed by atoms with E-state index < -0.39 is 53.3 Å². The van der Waals surface area contributed by atoms with E-state index in [2.05, 4.69) is 6.58 Å². The van der Waals surface area contributed by atoms with Crippen LogP contribution >= 0.6 is 0 Å². The topological polar surface area (TPSA) is 113 Å². The molecule has 0 spiro atoms. The van der Waals surface area contributed by atoms with Crippen LogP contribution in [0, 0.1) is 29.1 Å². The molecule has 3 rings (SSSR count). The maximum Gasteiger partial charge on any atom is 0.302 e. The summed E-state index contributed by atoms with van der Waals surface area (Å²) >= 11 is 0. The lowest BCUT2D eigenvalue weighted by Gasteiger charge is -2.52. The molecule has 2 fully saturated rings. The molecule has 0 bridgehead atoms. The van der Waals surface area contributed by atoms with Crippen molar-refractivity contribution in [2.75, 3.05) is 0 Å². The van der Waals surface area contributed by atoms with Gasteiger partial charge in [0.15, 0.2) is 0 Å². The Balaban J connectivity index is 2.24. The van der Waals surface area contributed by atoms with Crippen LogP contribution in [0.3, 0.4) is 0 Å². The number of aliphatic hydroxyl groups is 3. The number of hydrogen-bond donors (Lipinski definition) is 3. The van der Waals surface area contributed by atoms with E-state index in [1.165, 1.54) is 13.8 Å². The Kier molecular flexibility index (Phi) is 6.44. The average Bonchev–Trinajstić information content (AvgIpc) is 2.85. The Labute approximate surface area is 190 Å². The fourth-order valence-corrected chi connectivity index (χ4v) is 6.98. The highest BCUT2D eigenvalue weighted by Gasteiger charge is 2.63. The van der Waals surface area contributed by atoms with E-state index in [-0.39, 0.29) is 24.2 Å². The summed E-state index contributed by atoms with van der Waals surface area (Å²) in [6.45, 7) is 16.0. The number of hydrogen-bond acceptors (Lipinski definition) is 7. The van der Waals surface area contributed by atoms with Crippen molar-refractivity contribution in [2.45, 2.75) is 91.3 Å². The highest BCUT2D eigenvalue weighted by molar-refractivity contribution is 5.67. The summed E-state index contributed by atoms with van der Waals surface area (Å²) in [6, 6.07) is 0. The molecular formula is C25H38O7. The van der Waals surface area contributed by atoms with Gasteiger partial charge >= 0.3 is 11.9 Å². The maximum atomic E-state index is 12.2. The minimum atomic E-state index is -1.16. The van der Waals surface area contributed by atoms with E-state index in [4.69, 9.17) is 9.47 Å². The Hall–Kier alpha value is -1.70. The highest BCUT2D eigenvalue weighted by atomic mass is 16.6. The zero-order valence-corrected chi connectivity index (χ0v) is 20.2. The van der Waals surface area contributed by atoms with Gasteiger partial charge in [0, 0.05) is 37.5 Å². The fourth-order valence-electron chi connectivity index (χ4n) is 6.98. The predicted octanol–water partition coefficient (Wildman–Crippen LogP) is 2.53. The number of ether oxygens (including phenoxy) is 2. The SMILES string of the molecule is C=C1C2CC3C(=C(C)[C@@H](O)[C@@H]3C(C)(C)O)[C@@H](C)[C@H](OC(C)=O)[C@]2(C)[C@@H](OC(C)=O)C[C@@H]1O. The average molecular weight is 451 g/mol. The largest absolute Gasteiger partial charge is 0.462 e. The lowest BCUT2D eigenvalue weighted by atomic mass is 9.57. The first-order chi connectivity index (χ1) is 14.6. The van der Waals surface area contributed by atoms with Crippen LogP contribution in [0.15, 0.2) is 23.3 Å². The summed E-state index contributed by atoms with van der Waals surface area (Å²) < 4.78 is 11.6. The van der Waals surface area contributed by atoms with Crippen molar-refractivity contribution in [2.24, 2.45) is 29.1 Å². The van der Waals surface area contributed by atoms with Crippen molar-refractivity contribution < 1.29 is 34.4 Å². The summed E-state index contributed by atoms with van der Waals surface area (Å²) in [5.41, 5.74) is 0.364. The molecule has 3 aliphatic rings. The molecule has 0 amide bonds. The van der Waals surface area contributed by atoms with Crippen LogP contribution in [-0.2, 0) is 19.1 Å². The van der Waals surface area contributed by atoms with Gasteiger partial charge in [-0.05, 0) is 50.2 Å². The van der Waals surface area contributed by atoms with Gasteiger partial charge in [0.05, 0.1) is 17.8 Å². The van der Waals surface area contributed by atoms with E-state index in [0.717, 1.165) is 11.1 Å². The van der Waals surface area contributed by atoms with Crippen molar-refractivity contribution in [3.8, 4) is 0 Å². The molecule has 180 valence electrons. The number of carbonyl (C=O) groups is 2. The van der Waals surface area contributed by atoms with E-state index in [9.17, 15) is 24.9 Å². The van der Waals surface area contributed by atoms with Gasteiger partial charge in [0.2, 0.25) is 0 Å². The summed E-state index contributed by atoms with van der Waals surface area (Å²) in [5.74, 6) is -2.22. The second-order valence-electron chi connectivity index (χ2n) is 10.8. The van der Waals surface area contributed by atoms with Gasteiger partial charge in [-0.3, -0.25) is 9.59 Å². The summed E-state index contributed by atoms with van der Waals surface area (Å²) in [5, 5.41) is 32.9. The zero-order valence-electron chi connectivity index (χ0n) is 20.2. The highest BCUT2D eigenvalue weighted by Crippen LogP contribution is 2.61. The summed E-state index contributed by atoms with van der Waals surface area (Å²) in [4.78, 5) is 24.2. The minimum Gasteiger partial charge on any atom is -0.462 e. The van der Waals surface area contributed by atoms with Crippen LogP contribution in [0.2, 0.25) is 0 Å². The minimum absolute atomic E-state index is 0.177. The van der Waals surface area contributed by atoms with Crippen molar-refractivity contribution in [1.82, 2.24) is 0 Å². The van der Waals surface area contributed by atoms with E-state index in [1.807, 2.05) is 20.8 Å². The Morgan fingerprint density at radius 2 is 1.69 bits per heavy atom. The molecule has 0 saturated heterocycles. The molecule has 0 aromatic rings. The molecule has 0 aromatic heterocycles. The molecule has 0 radical (unpaired) electrons. The maximum absolute atomic E-state index is 12.2. The van der Waals surface area contributed by atoms with Crippen molar-refractivity contribution >= 4 is 11.9 Å². The smallest absolute Gasteiger partial charge is 0.302 e. The van der Waals surface area contributed by atoms with Crippen LogP contribution in [0.1, 0.15) is 61.3 Å². The standard InChI is InChI=1S/C25H38O7/c1-11-17-9-16-20(12(2)22(29)21(16)24(6,7)30)13(3)23(32-15(5)27)25(17,8)19(10-18(11)28)31-14(4)26/h13,16-19,21-23,28-30H,1,9-10H2,2-8H3/t13-,16?,17?,18+,19+,21-,22-,23+,25+/m1/s1. The van der Waals surface area contributed by atoms with Gasteiger partial charge in [-0.25, -0.2) is 0 Å². The molecule has 2 saturated carbocycles. The molecule has 32 heavy (non-hydrogen) atoms. The lowest BCUT2D eigenvalue weighted by molar-refractivity contribution is -0.189. The molecule has 3 aliphatic carbocycles. The van der Waals surface area contributed by atoms with Gasteiger partial charge in [0.1, 0.15) is 12.2 Å². The van der Waals surface area contributed by atoms with E-state index in [0.29, 0.717) is 12.0 Å².